The zero-order valence-corrected chi connectivity index (χ0v) is 10.1. The molecular weight excluding hydrogens is 254 g/mol. The molecule has 0 aliphatic carbocycles. The molecule has 1 aromatic carbocycles. The lowest BCUT2D eigenvalue weighted by Crippen LogP contribution is -2.08. The van der Waals surface area contributed by atoms with Crippen molar-refractivity contribution in [3.63, 3.8) is 0 Å². The molecule has 0 saturated heterocycles. The minimum absolute atomic E-state index is 0.0754. The summed E-state index contributed by atoms with van der Waals surface area (Å²) in [4.78, 5) is 19.1. The summed E-state index contributed by atoms with van der Waals surface area (Å²) in [5.41, 5.74) is 0.820. The van der Waals surface area contributed by atoms with Crippen LogP contribution < -0.4 is 0 Å². The molecule has 98 valence electrons. The first-order valence-corrected chi connectivity index (χ1v) is 5.44. The van der Waals surface area contributed by atoms with Crippen LogP contribution >= 0.6 is 0 Å². The molecule has 0 aliphatic heterocycles. The maximum absolute atomic E-state index is 13.1. The van der Waals surface area contributed by atoms with Gasteiger partial charge in [0.2, 0.25) is 0 Å². The Morgan fingerprint density at radius 3 is 2.74 bits per heavy atom. The molecule has 2 aromatic rings. The van der Waals surface area contributed by atoms with E-state index in [0.29, 0.717) is 11.3 Å². The number of hydrogen-bond acceptors (Lipinski definition) is 4. The summed E-state index contributed by atoms with van der Waals surface area (Å²) in [5, 5.41) is 0. The van der Waals surface area contributed by atoms with E-state index in [-0.39, 0.29) is 12.2 Å². The van der Waals surface area contributed by atoms with E-state index >= 15 is 0 Å². The van der Waals surface area contributed by atoms with Gasteiger partial charge in [0.15, 0.2) is 11.6 Å². The molecule has 0 fully saturated rings. The molecule has 19 heavy (non-hydrogen) atoms. The summed E-state index contributed by atoms with van der Waals surface area (Å²) in [6.07, 6.45) is 1.37. The first-order chi connectivity index (χ1) is 9.10. The SMILES string of the molecule is COC(=O)Cc1nccc(-c2ccc(F)c(F)c2)n1. The normalized spacial score (nSPS) is 10.3. The molecule has 0 aliphatic rings. The molecule has 0 atom stereocenters. The maximum atomic E-state index is 13.1. The second-order valence-corrected chi connectivity index (χ2v) is 3.74. The number of benzene rings is 1. The van der Waals surface area contributed by atoms with Crippen LogP contribution in [0.25, 0.3) is 11.3 Å². The third kappa shape index (κ3) is 3.09. The third-order valence-electron chi connectivity index (χ3n) is 2.45. The molecule has 1 heterocycles. The summed E-state index contributed by atoms with van der Waals surface area (Å²) < 4.78 is 30.5. The van der Waals surface area contributed by atoms with Crippen molar-refractivity contribution in [2.24, 2.45) is 0 Å². The molecule has 0 bridgehead atoms. The van der Waals surface area contributed by atoms with E-state index in [9.17, 15) is 13.6 Å². The Kier molecular flexibility index (Phi) is 3.79. The highest BCUT2D eigenvalue weighted by Gasteiger charge is 2.09. The van der Waals surface area contributed by atoms with Crippen molar-refractivity contribution in [2.45, 2.75) is 6.42 Å². The predicted molar refractivity (Wildman–Crippen MR) is 63.1 cm³/mol. The number of rotatable bonds is 3. The Bertz CT molecular complexity index is 617. The van der Waals surface area contributed by atoms with Gasteiger partial charge in [-0.3, -0.25) is 4.79 Å². The molecule has 2 rings (SSSR count). The molecule has 0 unspecified atom stereocenters. The molecule has 1 aromatic heterocycles. The van der Waals surface area contributed by atoms with E-state index < -0.39 is 17.6 Å². The highest BCUT2D eigenvalue weighted by molar-refractivity contribution is 5.71. The highest BCUT2D eigenvalue weighted by Crippen LogP contribution is 2.19. The van der Waals surface area contributed by atoms with E-state index in [0.717, 1.165) is 12.1 Å². The summed E-state index contributed by atoms with van der Waals surface area (Å²) in [6.45, 7) is 0. The fourth-order valence-electron chi connectivity index (χ4n) is 1.50. The average molecular weight is 264 g/mol. The lowest BCUT2D eigenvalue weighted by Gasteiger charge is -2.04. The van der Waals surface area contributed by atoms with Gasteiger partial charge in [-0.2, -0.15) is 0 Å². The number of aromatic nitrogens is 2. The van der Waals surface area contributed by atoms with E-state index in [2.05, 4.69) is 14.7 Å². The van der Waals surface area contributed by atoms with Crippen LogP contribution in [0.3, 0.4) is 0 Å². The average Bonchev–Trinajstić information content (AvgIpc) is 2.42. The van der Waals surface area contributed by atoms with Crippen molar-refractivity contribution < 1.29 is 18.3 Å². The molecule has 0 amide bonds. The van der Waals surface area contributed by atoms with Gasteiger partial charge in [0.25, 0.3) is 0 Å². The summed E-state index contributed by atoms with van der Waals surface area (Å²) >= 11 is 0. The Morgan fingerprint density at radius 1 is 1.26 bits per heavy atom. The van der Waals surface area contributed by atoms with Gasteiger partial charge in [-0.1, -0.05) is 0 Å². The second kappa shape index (κ2) is 5.51. The minimum Gasteiger partial charge on any atom is -0.469 e. The first kappa shape index (κ1) is 13.1. The van der Waals surface area contributed by atoms with Crippen LogP contribution in [0.1, 0.15) is 5.82 Å². The smallest absolute Gasteiger partial charge is 0.313 e. The van der Waals surface area contributed by atoms with Gasteiger partial charge < -0.3 is 4.74 Å². The molecule has 0 saturated carbocycles. The third-order valence-corrected chi connectivity index (χ3v) is 2.45. The predicted octanol–water partition coefficient (Wildman–Crippen LogP) is 2.14. The number of carbonyl (C=O) groups is 1. The summed E-state index contributed by atoms with van der Waals surface area (Å²) in [6, 6.07) is 5.02. The zero-order chi connectivity index (χ0) is 13.8. The van der Waals surface area contributed by atoms with Crippen LogP contribution in [0.4, 0.5) is 8.78 Å². The number of esters is 1. The largest absolute Gasteiger partial charge is 0.469 e. The topological polar surface area (TPSA) is 52.1 Å². The van der Waals surface area contributed by atoms with Gasteiger partial charge in [-0.25, -0.2) is 18.7 Å². The van der Waals surface area contributed by atoms with Gasteiger partial charge in [0.05, 0.1) is 12.8 Å². The van der Waals surface area contributed by atoms with Crippen LogP contribution in [0, 0.1) is 11.6 Å². The quantitative estimate of drug-likeness (QED) is 0.797. The standard InChI is InChI=1S/C13H10F2N2O2/c1-19-13(18)7-12-16-5-4-11(17-12)8-2-3-9(14)10(15)6-8/h2-6H,7H2,1H3. The monoisotopic (exact) mass is 264 g/mol. The molecule has 4 nitrogen and oxygen atoms in total. The van der Waals surface area contributed by atoms with E-state index in [1.54, 1.807) is 6.07 Å². The molecule has 0 spiro atoms. The van der Waals surface area contributed by atoms with E-state index in [4.69, 9.17) is 0 Å². The van der Waals surface area contributed by atoms with Crippen molar-refractivity contribution in [1.82, 2.24) is 9.97 Å². The number of nitrogens with zero attached hydrogens (tertiary/aromatic N) is 2. The minimum atomic E-state index is -0.953. The number of methoxy groups -OCH3 is 1. The van der Waals surface area contributed by atoms with Gasteiger partial charge >= 0.3 is 5.97 Å². The van der Waals surface area contributed by atoms with Crippen LogP contribution in [0.15, 0.2) is 30.5 Å². The lowest BCUT2D eigenvalue weighted by molar-refractivity contribution is -0.139. The Hall–Kier alpha value is -2.37. The van der Waals surface area contributed by atoms with Gasteiger partial charge in [0, 0.05) is 11.8 Å². The van der Waals surface area contributed by atoms with Crippen LogP contribution in [-0.2, 0) is 16.0 Å². The van der Waals surface area contributed by atoms with Crippen LogP contribution in [0.2, 0.25) is 0 Å². The van der Waals surface area contributed by atoms with Crippen molar-refractivity contribution in [1.29, 1.82) is 0 Å². The summed E-state index contributed by atoms with van der Waals surface area (Å²) in [7, 11) is 1.27. The molecule has 6 heteroatoms. The van der Waals surface area contributed by atoms with Crippen molar-refractivity contribution >= 4 is 5.97 Å². The van der Waals surface area contributed by atoms with Gasteiger partial charge in [0.1, 0.15) is 12.2 Å². The highest BCUT2D eigenvalue weighted by atomic mass is 19.2. The zero-order valence-electron chi connectivity index (χ0n) is 10.1. The first-order valence-electron chi connectivity index (χ1n) is 5.44. The fraction of sp³-hybridized carbons (Fsp3) is 0.154. The van der Waals surface area contributed by atoms with Crippen LogP contribution in [-0.4, -0.2) is 23.0 Å². The van der Waals surface area contributed by atoms with Gasteiger partial charge in [-0.05, 0) is 24.3 Å². The fourth-order valence-corrected chi connectivity index (χ4v) is 1.50. The van der Waals surface area contributed by atoms with Crippen molar-refractivity contribution in [2.75, 3.05) is 7.11 Å². The lowest BCUT2D eigenvalue weighted by atomic mass is 10.1. The summed E-state index contributed by atoms with van der Waals surface area (Å²) in [5.74, 6) is -2.09. The van der Waals surface area contributed by atoms with Crippen molar-refractivity contribution in [3.8, 4) is 11.3 Å². The number of carbonyl (C=O) groups excluding carboxylic acids is 1. The Labute approximate surface area is 108 Å². The van der Waals surface area contributed by atoms with E-state index in [1.807, 2.05) is 0 Å². The van der Waals surface area contributed by atoms with Crippen LogP contribution in [0.5, 0.6) is 0 Å². The number of hydrogen-bond donors (Lipinski definition) is 0. The maximum Gasteiger partial charge on any atom is 0.313 e. The molecule has 0 N–H and O–H groups in total. The van der Waals surface area contributed by atoms with Gasteiger partial charge in [-0.15, -0.1) is 0 Å². The van der Waals surface area contributed by atoms with Crippen molar-refractivity contribution in [3.05, 3.63) is 47.9 Å². The Morgan fingerprint density at radius 2 is 2.05 bits per heavy atom. The number of halogens is 2. The molecular formula is C13H10F2N2O2. The Balaban J connectivity index is 2.32. The second-order valence-electron chi connectivity index (χ2n) is 3.74. The number of ether oxygens (including phenoxy) is 1. The molecule has 0 radical (unpaired) electrons. The van der Waals surface area contributed by atoms with E-state index in [1.165, 1.54) is 19.4 Å².